The Balaban J connectivity index is 1.68. The maximum absolute atomic E-state index is 13.9. The molecular formula is C37H51N3O4Si. The van der Waals surface area contributed by atoms with E-state index in [1.54, 1.807) is 0 Å². The molecule has 0 unspecified atom stereocenters. The van der Waals surface area contributed by atoms with Crippen LogP contribution in [0.3, 0.4) is 0 Å². The first-order valence-corrected chi connectivity index (χ1v) is 17.9. The van der Waals surface area contributed by atoms with Crippen LogP contribution in [0, 0.1) is 5.92 Å². The van der Waals surface area contributed by atoms with Crippen LogP contribution in [0.1, 0.15) is 66.5 Å². The quantitative estimate of drug-likeness (QED) is 0.309. The molecule has 0 bridgehead atoms. The number of likely N-dealkylation sites (N-methyl/N-ethyl adjacent to an activating group) is 1. The molecule has 2 atom stereocenters. The molecule has 3 aromatic carbocycles. The number of anilines is 1. The average molecular weight is 630 g/mol. The van der Waals surface area contributed by atoms with Crippen molar-refractivity contribution in [3.63, 3.8) is 0 Å². The second kappa shape index (κ2) is 13.8. The van der Waals surface area contributed by atoms with Crippen LogP contribution in [0.15, 0.2) is 78.9 Å². The van der Waals surface area contributed by atoms with Crippen LogP contribution < -0.4 is 25.9 Å². The summed E-state index contributed by atoms with van der Waals surface area (Å²) in [4.78, 5) is 28.3. The van der Waals surface area contributed by atoms with E-state index >= 15 is 0 Å². The van der Waals surface area contributed by atoms with Crippen LogP contribution in [-0.2, 0) is 26.9 Å². The van der Waals surface area contributed by atoms with Crippen LogP contribution in [0.25, 0.3) is 0 Å². The van der Waals surface area contributed by atoms with Gasteiger partial charge < -0.3 is 24.7 Å². The van der Waals surface area contributed by atoms with Crippen molar-refractivity contribution in [3.05, 3.63) is 90.0 Å². The molecule has 7 nitrogen and oxygen atoms in total. The molecule has 8 heteroatoms. The van der Waals surface area contributed by atoms with E-state index in [4.69, 9.17) is 9.16 Å². The van der Waals surface area contributed by atoms with Gasteiger partial charge in [0.1, 0.15) is 11.6 Å². The molecular weight excluding hydrogens is 579 g/mol. The van der Waals surface area contributed by atoms with Gasteiger partial charge in [0.05, 0.1) is 12.6 Å². The van der Waals surface area contributed by atoms with Gasteiger partial charge in [-0.15, -0.1) is 0 Å². The first-order valence-electron chi connectivity index (χ1n) is 16.0. The van der Waals surface area contributed by atoms with Crippen LogP contribution >= 0.6 is 0 Å². The number of fused-ring (bicyclic) bond motifs is 1. The molecule has 0 radical (unpaired) electrons. The van der Waals surface area contributed by atoms with Gasteiger partial charge in [0.15, 0.2) is 0 Å². The van der Waals surface area contributed by atoms with Gasteiger partial charge in [-0.3, -0.25) is 4.79 Å². The van der Waals surface area contributed by atoms with E-state index in [0.29, 0.717) is 19.6 Å². The number of carbonyl (C=O) groups excluding carboxylic acids is 2. The van der Waals surface area contributed by atoms with Gasteiger partial charge in [-0.25, -0.2) is 4.79 Å². The topological polar surface area (TPSA) is 79.9 Å². The molecule has 0 spiro atoms. The molecule has 4 rings (SSSR count). The Morgan fingerprint density at radius 2 is 1.53 bits per heavy atom. The zero-order valence-corrected chi connectivity index (χ0v) is 29.4. The molecule has 0 saturated carbocycles. The molecule has 1 heterocycles. The van der Waals surface area contributed by atoms with E-state index in [1.165, 1.54) is 10.4 Å². The third-order valence-corrected chi connectivity index (χ3v) is 13.4. The van der Waals surface area contributed by atoms with Crippen LogP contribution in [0.5, 0.6) is 0 Å². The average Bonchev–Trinajstić information content (AvgIpc) is 2.95. The van der Waals surface area contributed by atoms with Crippen molar-refractivity contribution in [3.8, 4) is 0 Å². The van der Waals surface area contributed by atoms with Crippen molar-refractivity contribution < 1.29 is 18.8 Å². The van der Waals surface area contributed by atoms with Gasteiger partial charge in [-0.1, -0.05) is 107 Å². The summed E-state index contributed by atoms with van der Waals surface area (Å²) in [6.07, 6.45) is 0.163. The number of rotatable bonds is 8. The Hall–Kier alpha value is -3.62. The Labute approximate surface area is 270 Å². The second-order valence-corrected chi connectivity index (χ2v) is 18.8. The SMILES string of the molecule is CC(C)[C@H]1C(=O)N[C@H](CO[Si](c2ccccc2)(c2ccccc2)C(C)(C)C)Cc2ccc(CNC(=O)OC(C)(C)C)cc2N1C. The summed E-state index contributed by atoms with van der Waals surface area (Å²) < 4.78 is 12.7. The maximum Gasteiger partial charge on any atom is 0.407 e. The molecule has 0 aliphatic carbocycles. The van der Waals surface area contributed by atoms with Crippen LogP contribution in [0.2, 0.25) is 5.04 Å². The standard InChI is InChI=1S/C37H51N3O4Si/c1-26(2)33-34(41)39-29(23-28-21-20-27(22-32(28)40(33)9)24-38-35(42)44-36(3,4)5)25-43-45(37(6,7)8,30-16-12-10-13-17-30)31-18-14-11-15-19-31/h10-22,26,29,33H,23-25H2,1-9H3,(H,38,42)(H,39,41)/t29-,33-/m0/s1. The van der Waals surface area contributed by atoms with E-state index in [1.807, 2.05) is 46.0 Å². The largest absolute Gasteiger partial charge is 0.444 e. The fourth-order valence-corrected chi connectivity index (χ4v) is 11.1. The highest BCUT2D eigenvalue weighted by molar-refractivity contribution is 6.99. The molecule has 242 valence electrons. The first-order chi connectivity index (χ1) is 21.1. The molecule has 1 aliphatic rings. The van der Waals surface area contributed by atoms with Crippen LogP contribution in [-0.4, -0.2) is 51.7 Å². The molecule has 1 aliphatic heterocycles. The summed E-state index contributed by atoms with van der Waals surface area (Å²) in [6.45, 7) is 17.2. The van der Waals surface area contributed by atoms with E-state index in [0.717, 1.165) is 16.8 Å². The number of hydrogen-bond donors (Lipinski definition) is 2. The van der Waals surface area contributed by atoms with Gasteiger partial charge in [0.25, 0.3) is 8.32 Å². The van der Waals surface area contributed by atoms with E-state index in [9.17, 15) is 9.59 Å². The Morgan fingerprint density at radius 1 is 0.956 bits per heavy atom. The van der Waals surface area contributed by atoms with Gasteiger partial charge in [-0.2, -0.15) is 0 Å². The normalized spacial score (nSPS) is 17.6. The number of amides is 2. The molecule has 2 N–H and O–H groups in total. The molecule has 2 amide bonds. The van der Waals surface area contributed by atoms with Crippen molar-refractivity contribution in [1.82, 2.24) is 10.6 Å². The number of carbonyl (C=O) groups is 2. The highest BCUT2D eigenvalue weighted by Crippen LogP contribution is 2.37. The van der Waals surface area contributed by atoms with Crippen molar-refractivity contribution >= 4 is 36.4 Å². The minimum Gasteiger partial charge on any atom is -0.444 e. The monoisotopic (exact) mass is 629 g/mol. The summed E-state index contributed by atoms with van der Waals surface area (Å²) in [5.74, 6) is 0.0641. The van der Waals surface area contributed by atoms with Crippen molar-refractivity contribution in [1.29, 1.82) is 0 Å². The lowest BCUT2D eigenvalue weighted by molar-refractivity contribution is -0.124. The third kappa shape index (κ3) is 7.97. The highest BCUT2D eigenvalue weighted by atomic mass is 28.4. The predicted molar refractivity (Wildman–Crippen MR) is 186 cm³/mol. The number of benzene rings is 3. The molecule has 45 heavy (non-hydrogen) atoms. The van der Waals surface area contributed by atoms with E-state index in [2.05, 4.69) is 111 Å². The van der Waals surface area contributed by atoms with Gasteiger partial charge in [0, 0.05) is 19.3 Å². The van der Waals surface area contributed by atoms with Crippen molar-refractivity contribution in [2.24, 2.45) is 5.92 Å². The first kappa shape index (κ1) is 34.3. The minimum atomic E-state index is -2.79. The fourth-order valence-electron chi connectivity index (χ4n) is 6.48. The number of nitrogens with one attached hydrogen (secondary N) is 2. The predicted octanol–water partition coefficient (Wildman–Crippen LogP) is 5.79. The number of ether oxygens (including phenoxy) is 1. The van der Waals surface area contributed by atoms with Crippen molar-refractivity contribution in [2.45, 2.75) is 91.1 Å². The summed E-state index contributed by atoms with van der Waals surface area (Å²) in [5, 5.41) is 8.48. The molecule has 3 aromatic rings. The number of nitrogens with zero attached hydrogens (tertiary/aromatic N) is 1. The van der Waals surface area contributed by atoms with E-state index in [-0.39, 0.29) is 28.9 Å². The lowest BCUT2D eigenvalue weighted by Gasteiger charge is -2.44. The Kier molecular flexibility index (Phi) is 10.5. The zero-order chi connectivity index (χ0) is 33.0. The van der Waals surface area contributed by atoms with Gasteiger partial charge in [-0.05, 0) is 65.7 Å². The zero-order valence-electron chi connectivity index (χ0n) is 28.4. The molecule has 0 fully saturated rings. The summed E-state index contributed by atoms with van der Waals surface area (Å²) in [6, 6.07) is 26.8. The lowest BCUT2D eigenvalue weighted by atomic mass is 9.94. The summed E-state index contributed by atoms with van der Waals surface area (Å²) in [7, 11) is -0.810. The summed E-state index contributed by atoms with van der Waals surface area (Å²) in [5.41, 5.74) is 2.48. The van der Waals surface area contributed by atoms with E-state index < -0.39 is 20.0 Å². The number of hydrogen-bond acceptors (Lipinski definition) is 5. The fraction of sp³-hybridized carbons (Fsp3) is 0.459. The maximum atomic E-state index is 13.9. The van der Waals surface area contributed by atoms with Crippen molar-refractivity contribution in [2.75, 3.05) is 18.6 Å². The third-order valence-electron chi connectivity index (χ3n) is 8.41. The number of alkyl carbamates (subject to hydrolysis) is 1. The Morgan fingerprint density at radius 3 is 2.04 bits per heavy atom. The van der Waals surface area contributed by atoms with Gasteiger partial charge in [0.2, 0.25) is 5.91 Å². The summed E-state index contributed by atoms with van der Waals surface area (Å²) >= 11 is 0. The Bertz CT molecular complexity index is 1410. The molecule has 0 saturated heterocycles. The smallest absolute Gasteiger partial charge is 0.407 e. The van der Waals surface area contributed by atoms with Gasteiger partial charge >= 0.3 is 6.09 Å². The molecule has 0 aromatic heterocycles. The second-order valence-electron chi connectivity index (χ2n) is 14.5. The van der Waals surface area contributed by atoms with Crippen LogP contribution in [0.4, 0.5) is 10.5 Å². The lowest BCUT2D eigenvalue weighted by Crippen LogP contribution is -2.67. The minimum absolute atomic E-state index is 0.00789. The highest BCUT2D eigenvalue weighted by Gasteiger charge is 2.50.